The van der Waals surface area contributed by atoms with Crippen LogP contribution in [0.5, 0.6) is 5.75 Å². The van der Waals surface area contributed by atoms with Gasteiger partial charge in [-0.15, -0.1) is 10.2 Å². The van der Waals surface area contributed by atoms with Crippen LogP contribution in [0.25, 0.3) is 5.03 Å². The number of hydrogen-bond acceptors (Lipinski definition) is 5. The Kier molecular flexibility index (Phi) is 6.03. The Hall–Kier alpha value is -1.41. The molecule has 0 bridgehead atoms. The van der Waals surface area contributed by atoms with E-state index in [9.17, 15) is 0 Å². The maximum Gasteiger partial charge on any atom is 0.169 e. The van der Waals surface area contributed by atoms with Crippen molar-refractivity contribution in [3.8, 4) is 5.75 Å². The van der Waals surface area contributed by atoms with E-state index in [-0.39, 0.29) is 0 Å². The molecule has 130 valence electrons. The summed E-state index contributed by atoms with van der Waals surface area (Å²) >= 11 is 6.56. The van der Waals surface area contributed by atoms with Crippen LogP contribution in [-0.4, -0.2) is 24.9 Å². The number of benzene rings is 1. The van der Waals surface area contributed by atoms with Crippen LogP contribution in [0.2, 0.25) is 0 Å². The normalized spacial score (nSPS) is 16.5. The Bertz CT molecular complexity index is 709. The van der Waals surface area contributed by atoms with Gasteiger partial charge in [0.25, 0.3) is 0 Å². The fourth-order valence-corrected chi connectivity index (χ4v) is 2.99. The largest absolute Gasteiger partial charge is 0.456 e. The van der Waals surface area contributed by atoms with Gasteiger partial charge in [0.2, 0.25) is 0 Å². The first-order valence-electron chi connectivity index (χ1n) is 7.19. The maximum absolute atomic E-state index is 8.49. The van der Waals surface area contributed by atoms with Crippen molar-refractivity contribution in [1.29, 1.82) is 0 Å². The predicted octanol–water partition coefficient (Wildman–Crippen LogP) is -0.946. The molecule has 0 saturated heterocycles. The van der Waals surface area contributed by atoms with Crippen LogP contribution in [0.1, 0.15) is 24.8 Å². The standard InChI is InChI=1S/C16H17ClNO.ClHO4/c1-18(2)10-11-6-5-8-13-15(17)12-7-3-4-9-14(12)19-16(11)13;2-1(3,4)5/h3-4,7,9-10H,5-6,8H2,1-2H3;(H,2,3,4,5)/q+1;/p-1. The third kappa shape index (κ3) is 5.04. The van der Waals surface area contributed by atoms with Gasteiger partial charge in [-0.3, -0.25) is 0 Å². The van der Waals surface area contributed by atoms with Gasteiger partial charge in [0.1, 0.15) is 25.6 Å². The molecule has 0 atom stereocenters. The van der Waals surface area contributed by atoms with E-state index in [0.29, 0.717) is 0 Å². The Balaban J connectivity index is 0.000000368. The lowest BCUT2D eigenvalue weighted by Crippen LogP contribution is -2.68. The van der Waals surface area contributed by atoms with Gasteiger partial charge in [0.05, 0.1) is 10.6 Å². The van der Waals surface area contributed by atoms with Gasteiger partial charge in [-0.2, -0.15) is 0 Å². The number of rotatable bonds is 1. The fraction of sp³-hybridized carbons (Fsp3) is 0.312. The molecule has 0 aromatic heterocycles. The number of ether oxygens (including phenoxy) is 1. The number of hydrogen-bond donors (Lipinski definition) is 0. The maximum atomic E-state index is 8.49. The highest BCUT2D eigenvalue weighted by atomic mass is 35.7. The van der Waals surface area contributed by atoms with E-state index >= 15 is 0 Å². The Morgan fingerprint density at radius 1 is 1.12 bits per heavy atom. The van der Waals surface area contributed by atoms with Crippen molar-refractivity contribution < 1.29 is 38.2 Å². The lowest BCUT2D eigenvalue weighted by molar-refractivity contribution is -2.00. The molecule has 2 aliphatic rings. The average Bonchev–Trinajstić information content (AvgIpc) is 2.46. The van der Waals surface area contributed by atoms with Crippen molar-refractivity contribution in [2.45, 2.75) is 19.3 Å². The van der Waals surface area contributed by atoms with Crippen LogP contribution >= 0.6 is 11.6 Å². The molecule has 0 unspecified atom stereocenters. The topological polar surface area (TPSA) is 104 Å². The minimum absolute atomic E-state index is 0.848. The van der Waals surface area contributed by atoms with Crippen LogP contribution < -0.4 is 23.4 Å². The van der Waals surface area contributed by atoms with Crippen molar-refractivity contribution in [3.63, 3.8) is 0 Å². The Morgan fingerprint density at radius 2 is 1.75 bits per heavy atom. The summed E-state index contributed by atoms with van der Waals surface area (Å²) in [6.45, 7) is 0. The number of halogens is 2. The smallest absolute Gasteiger partial charge is 0.169 e. The molecule has 1 aromatic rings. The molecular weight excluding hydrogens is 357 g/mol. The summed E-state index contributed by atoms with van der Waals surface area (Å²) in [5, 5.41) is 0.848. The molecule has 1 aromatic carbocycles. The van der Waals surface area contributed by atoms with Gasteiger partial charge in [-0.25, -0.2) is 23.2 Å². The minimum atomic E-state index is -4.94. The third-order valence-corrected chi connectivity index (χ3v) is 3.88. The van der Waals surface area contributed by atoms with Crippen LogP contribution in [0.15, 0.2) is 41.2 Å². The summed E-state index contributed by atoms with van der Waals surface area (Å²) < 4.78 is 42.1. The van der Waals surface area contributed by atoms with E-state index in [1.54, 1.807) is 0 Å². The molecule has 0 radical (unpaired) electrons. The summed E-state index contributed by atoms with van der Waals surface area (Å²) in [7, 11) is -0.881. The van der Waals surface area contributed by atoms with Crippen LogP contribution in [0, 0.1) is 10.2 Å². The molecule has 1 aliphatic heterocycles. The molecule has 0 spiro atoms. The molecule has 8 heteroatoms. The molecule has 3 rings (SSSR count). The molecule has 6 nitrogen and oxygen atoms in total. The number of allylic oxidation sites excluding steroid dienone is 2. The Labute approximate surface area is 147 Å². The number of nitrogens with zero attached hydrogens (tertiary/aromatic N) is 1. The first kappa shape index (κ1) is 18.9. The van der Waals surface area contributed by atoms with Gasteiger partial charge in [-0.05, 0) is 31.4 Å². The molecule has 1 aliphatic carbocycles. The lowest BCUT2D eigenvalue weighted by atomic mass is 9.90. The number of para-hydroxylation sites is 1. The van der Waals surface area contributed by atoms with Gasteiger partial charge < -0.3 is 4.74 Å². The second-order valence-electron chi connectivity index (χ2n) is 5.57. The highest BCUT2D eigenvalue weighted by molar-refractivity contribution is 6.50. The van der Waals surface area contributed by atoms with Crippen molar-refractivity contribution in [3.05, 3.63) is 46.7 Å². The highest BCUT2D eigenvalue weighted by Crippen LogP contribution is 2.44. The van der Waals surface area contributed by atoms with Gasteiger partial charge >= 0.3 is 0 Å². The van der Waals surface area contributed by atoms with E-state index in [0.717, 1.165) is 46.9 Å². The SMILES string of the molecule is C[N+](C)=CC1=C2Oc3ccccc3C(Cl)=C2CCC1.[O-][Cl+3]([O-])([O-])[O-]. The Morgan fingerprint density at radius 3 is 2.38 bits per heavy atom. The summed E-state index contributed by atoms with van der Waals surface area (Å²) in [4.78, 5) is 0. The average molecular weight is 374 g/mol. The van der Waals surface area contributed by atoms with Crippen LogP contribution in [0.3, 0.4) is 0 Å². The molecule has 24 heavy (non-hydrogen) atoms. The zero-order valence-corrected chi connectivity index (χ0v) is 14.8. The second kappa shape index (κ2) is 7.65. The molecule has 0 saturated carbocycles. The van der Waals surface area contributed by atoms with Gasteiger partial charge in [-0.1, -0.05) is 23.7 Å². The summed E-state index contributed by atoms with van der Waals surface area (Å²) in [5.74, 6) is 1.82. The van der Waals surface area contributed by atoms with Crippen molar-refractivity contribution in [1.82, 2.24) is 0 Å². The van der Waals surface area contributed by atoms with Gasteiger partial charge in [0, 0.05) is 11.1 Å². The van der Waals surface area contributed by atoms with Crippen LogP contribution in [-0.2, 0) is 0 Å². The molecule has 0 amide bonds. The molecule has 0 N–H and O–H groups in total. The second-order valence-corrected chi connectivity index (χ2v) is 6.70. The molecule has 1 heterocycles. The van der Waals surface area contributed by atoms with E-state index in [1.165, 1.54) is 5.57 Å². The van der Waals surface area contributed by atoms with Crippen molar-refractivity contribution in [2.75, 3.05) is 14.1 Å². The minimum Gasteiger partial charge on any atom is -0.456 e. The summed E-state index contributed by atoms with van der Waals surface area (Å²) in [6.07, 6.45) is 5.30. The van der Waals surface area contributed by atoms with E-state index in [1.807, 2.05) is 38.4 Å². The summed E-state index contributed by atoms with van der Waals surface area (Å²) in [6, 6.07) is 7.97. The van der Waals surface area contributed by atoms with Crippen LogP contribution in [0.4, 0.5) is 0 Å². The third-order valence-electron chi connectivity index (χ3n) is 3.45. The first-order chi connectivity index (χ1) is 11.2. The van der Waals surface area contributed by atoms with Gasteiger partial charge in [0.15, 0.2) is 6.21 Å². The highest BCUT2D eigenvalue weighted by Gasteiger charge is 2.28. The van der Waals surface area contributed by atoms with E-state index < -0.39 is 10.2 Å². The van der Waals surface area contributed by atoms with Crippen molar-refractivity contribution in [2.24, 2.45) is 0 Å². The zero-order valence-electron chi connectivity index (χ0n) is 13.3. The molecular formula is C16H17Cl2NO5. The van der Waals surface area contributed by atoms with E-state index in [2.05, 4.69) is 10.8 Å². The monoisotopic (exact) mass is 373 g/mol. The first-order valence-corrected chi connectivity index (χ1v) is 8.80. The van der Waals surface area contributed by atoms with E-state index in [4.69, 9.17) is 35.0 Å². The molecule has 0 fully saturated rings. The quantitative estimate of drug-likeness (QED) is 0.466. The predicted molar refractivity (Wildman–Crippen MR) is 78.9 cm³/mol. The number of fused-ring (bicyclic) bond motifs is 2. The lowest BCUT2D eigenvalue weighted by Gasteiger charge is -2.27. The summed E-state index contributed by atoms with van der Waals surface area (Å²) in [5.41, 5.74) is 3.40. The fourth-order valence-electron chi connectivity index (χ4n) is 2.66. The zero-order chi connectivity index (χ0) is 17.9. The van der Waals surface area contributed by atoms with Crippen molar-refractivity contribution >= 4 is 22.8 Å².